The van der Waals surface area contributed by atoms with Crippen molar-refractivity contribution >= 4 is 11.5 Å². The minimum absolute atomic E-state index is 0.435. The molecule has 0 saturated carbocycles. The molecule has 11 heavy (non-hydrogen) atoms. The Morgan fingerprint density at radius 3 is 3.18 bits per heavy atom. The van der Waals surface area contributed by atoms with Crippen LogP contribution in [0.4, 0.5) is 5.95 Å². The molecule has 0 aromatic carbocycles. The van der Waals surface area contributed by atoms with Gasteiger partial charge in [-0.1, -0.05) is 0 Å². The third kappa shape index (κ3) is 0.832. The van der Waals surface area contributed by atoms with Gasteiger partial charge in [-0.2, -0.15) is 5.10 Å². The SMILES string of the molecule is Cc1cc2ccnn2c(N)n1. The number of anilines is 1. The molecule has 2 rings (SSSR count). The minimum Gasteiger partial charge on any atom is -0.368 e. The van der Waals surface area contributed by atoms with Gasteiger partial charge in [-0.15, -0.1) is 0 Å². The Labute approximate surface area is 63.7 Å². The van der Waals surface area contributed by atoms with Crippen LogP contribution in [-0.4, -0.2) is 14.6 Å². The van der Waals surface area contributed by atoms with Gasteiger partial charge in [-0.3, -0.25) is 0 Å². The third-order valence-electron chi connectivity index (χ3n) is 1.54. The molecule has 0 radical (unpaired) electrons. The van der Waals surface area contributed by atoms with Gasteiger partial charge in [0.1, 0.15) is 0 Å². The Morgan fingerprint density at radius 1 is 1.55 bits per heavy atom. The lowest BCUT2D eigenvalue weighted by Crippen LogP contribution is -2.02. The van der Waals surface area contributed by atoms with Gasteiger partial charge < -0.3 is 5.73 Å². The van der Waals surface area contributed by atoms with Crippen LogP contribution in [0.5, 0.6) is 0 Å². The molecule has 0 saturated heterocycles. The van der Waals surface area contributed by atoms with Gasteiger partial charge in [0.25, 0.3) is 0 Å². The molecule has 0 aliphatic carbocycles. The van der Waals surface area contributed by atoms with Gasteiger partial charge in [-0.05, 0) is 19.1 Å². The van der Waals surface area contributed by atoms with Crippen LogP contribution in [0.3, 0.4) is 0 Å². The number of rotatable bonds is 0. The molecule has 0 amide bonds. The molecule has 0 spiro atoms. The Balaban J connectivity index is 2.91. The number of hydrogen-bond acceptors (Lipinski definition) is 3. The molecule has 2 aromatic heterocycles. The van der Waals surface area contributed by atoms with Crippen LogP contribution >= 0.6 is 0 Å². The van der Waals surface area contributed by atoms with E-state index in [9.17, 15) is 0 Å². The van der Waals surface area contributed by atoms with Gasteiger partial charge in [0, 0.05) is 5.69 Å². The highest BCUT2D eigenvalue weighted by Crippen LogP contribution is 2.06. The molecule has 2 N–H and O–H groups in total. The second kappa shape index (κ2) is 1.95. The number of aromatic nitrogens is 3. The largest absolute Gasteiger partial charge is 0.368 e. The first-order valence-electron chi connectivity index (χ1n) is 3.34. The predicted octanol–water partition coefficient (Wildman–Crippen LogP) is 0.620. The van der Waals surface area contributed by atoms with Crippen molar-refractivity contribution in [2.24, 2.45) is 0 Å². The average Bonchev–Trinajstić information content (AvgIpc) is 2.34. The van der Waals surface area contributed by atoms with E-state index in [1.165, 1.54) is 0 Å². The normalized spacial score (nSPS) is 10.6. The van der Waals surface area contributed by atoms with Gasteiger partial charge in [-0.25, -0.2) is 9.50 Å². The first-order valence-corrected chi connectivity index (χ1v) is 3.34. The van der Waals surface area contributed by atoms with E-state index >= 15 is 0 Å². The van der Waals surface area contributed by atoms with E-state index in [1.807, 2.05) is 19.1 Å². The van der Waals surface area contributed by atoms with Crippen molar-refractivity contribution in [1.82, 2.24) is 14.6 Å². The quantitative estimate of drug-likeness (QED) is 0.595. The first-order chi connectivity index (χ1) is 5.27. The lowest BCUT2D eigenvalue weighted by molar-refractivity contribution is 0.928. The van der Waals surface area contributed by atoms with Crippen LogP contribution in [-0.2, 0) is 0 Å². The summed E-state index contributed by atoms with van der Waals surface area (Å²) < 4.78 is 1.60. The monoisotopic (exact) mass is 148 g/mol. The smallest absolute Gasteiger partial charge is 0.221 e. The summed E-state index contributed by atoms with van der Waals surface area (Å²) >= 11 is 0. The molecule has 0 atom stereocenters. The molecule has 56 valence electrons. The van der Waals surface area contributed by atoms with E-state index in [0.717, 1.165) is 11.2 Å². The third-order valence-corrected chi connectivity index (χ3v) is 1.54. The molecule has 2 aromatic rings. The molecule has 0 aliphatic heterocycles. The summed E-state index contributed by atoms with van der Waals surface area (Å²) in [6, 6.07) is 3.83. The fourth-order valence-electron chi connectivity index (χ4n) is 1.09. The summed E-state index contributed by atoms with van der Waals surface area (Å²) in [5.74, 6) is 0.435. The minimum atomic E-state index is 0.435. The zero-order valence-electron chi connectivity index (χ0n) is 6.15. The molecule has 4 nitrogen and oxygen atoms in total. The van der Waals surface area contributed by atoms with E-state index in [0.29, 0.717) is 5.95 Å². The molecule has 4 heteroatoms. The number of hydrogen-bond donors (Lipinski definition) is 1. The van der Waals surface area contributed by atoms with Crippen molar-refractivity contribution in [3.05, 3.63) is 24.0 Å². The number of nitrogen functional groups attached to an aromatic ring is 1. The zero-order chi connectivity index (χ0) is 7.84. The second-order valence-electron chi connectivity index (χ2n) is 2.42. The first kappa shape index (κ1) is 6.15. The van der Waals surface area contributed by atoms with E-state index in [1.54, 1.807) is 10.7 Å². The lowest BCUT2D eigenvalue weighted by Gasteiger charge is -1.98. The summed E-state index contributed by atoms with van der Waals surface area (Å²) in [6.45, 7) is 1.91. The van der Waals surface area contributed by atoms with Gasteiger partial charge >= 0.3 is 0 Å². The Hall–Kier alpha value is -1.58. The highest BCUT2D eigenvalue weighted by Gasteiger charge is 1.98. The molecular weight excluding hydrogens is 140 g/mol. The molecule has 2 heterocycles. The van der Waals surface area contributed by atoms with Crippen molar-refractivity contribution in [2.75, 3.05) is 5.73 Å². The summed E-state index contributed by atoms with van der Waals surface area (Å²) in [7, 11) is 0. The van der Waals surface area contributed by atoms with Crippen molar-refractivity contribution in [3.8, 4) is 0 Å². The van der Waals surface area contributed by atoms with Crippen LogP contribution in [0, 0.1) is 6.92 Å². The number of aryl methyl sites for hydroxylation is 1. The summed E-state index contributed by atoms with van der Waals surface area (Å²) in [4.78, 5) is 4.05. The number of nitrogens with two attached hydrogens (primary N) is 1. The highest BCUT2D eigenvalue weighted by molar-refractivity contribution is 5.49. The Kier molecular flexibility index (Phi) is 1.09. The van der Waals surface area contributed by atoms with E-state index in [2.05, 4.69) is 10.1 Å². The maximum Gasteiger partial charge on any atom is 0.221 e. The standard InChI is InChI=1S/C7H8N4/c1-5-4-6-2-3-9-11(6)7(8)10-5/h2-4H,1H3,(H2,8,10). The van der Waals surface area contributed by atoms with E-state index < -0.39 is 0 Å². The topological polar surface area (TPSA) is 56.2 Å². The molecule has 0 unspecified atom stereocenters. The lowest BCUT2D eigenvalue weighted by atomic mass is 10.4. The van der Waals surface area contributed by atoms with Gasteiger partial charge in [0.15, 0.2) is 0 Å². The molecular formula is C7H8N4. The maximum absolute atomic E-state index is 5.59. The van der Waals surface area contributed by atoms with Crippen molar-refractivity contribution in [3.63, 3.8) is 0 Å². The van der Waals surface area contributed by atoms with E-state index in [-0.39, 0.29) is 0 Å². The Bertz CT molecular complexity index is 390. The fourth-order valence-corrected chi connectivity index (χ4v) is 1.09. The van der Waals surface area contributed by atoms with Crippen molar-refractivity contribution in [1.29, 1.82) is 0 Å². The van der Waals surface area contributed by atoms with Crippen molar-refractivity contribution < 1.29 is 0 Å². The molecule has 0 aliphatic rings. The highest BCUT2D eigenvalue weighted by atomic mass is 15.3. The number of fused-ring (bicyclic) bond motifs is 1. The van der Waals surface area contributed by atoms with Crippen LogP contribution in [0.2, 0.25) is 0 Å². The Morgan fingerprint density at radius 2 is 2.36 bits per heavy atom. The average molecular weight is 148 g/mol. The van der Waals surface area contributed by atoms with Crippen LogP contribution in [0.25, 0.3) is 5.52 Å². The maximum atomic E-state index is 5.59. The second-order valence-corrected chi connectivity index (χ2v) is 2.42. The molecule has 0 fully saturated rings. The summed E-state index contributed by atoms with van der Waals surface area (Å²) in [6.07, 6.45) is 1.70. The van der Waals surface area contributed by atoms with Crippen LogP contribution < -0.4 is 5.73 Å². The fraction of sp³-hybridized carbons (Fsp3) is 0.143. The van der Waals surface area contributed by atoms with Gasteiger partial charge in [0.2, 0.25) is 5.95 Å². The van der Waals surface area contributed by atoms with Crippen molar-refractivity contribution in [2.45, 2.75) is 6.92 Å². The van der Waals surface area contributed by atoms with Crippen LogP contribution in [0.1, 0.15) is 5.69 Å². The summed E-state index contributed by atoms with van der Waals surface area (Å²) in [5.41, 5.74) is 7.48. The molecule has 0 bridgehead atoms. The van der Waals surface area contributed by atoms with E-state index in [4.69, 9.17) is 5.73 Å². The van der Waals surface area contributed by atoms with Gasteiger partial charge in [0.05, 0.1) is 11.7 Å². The van der Waals surface area contributed by atoms with Crippen LogP contribution in [0.15, 0.2) is 18.3 Å². The number of nitrogens with zero attached hydrogens (tertiary/aromatic N) is 3. The summed E-state index contributed by atoms with van der Waals surface area (Å²) in [5, 5.41) is 3.99. The predicted molar refractivity (Wildman–Crippen MR) is 42.1 cm³/mol. The zero-order valence-corrected chi connectivity index (χ0v) is 6.15.